The van der Waals surface area contributed by atoms with Crippen LogP contribution in [0.25, 0.3) is 5.76 Å². The summed E-state index contributed by atoms with van der Waals surface area (Å²) in [7, 11) is 3.05. The summed E-state index contributed by atoms with van der Waals surface area (Å²) >= 11 is 0. The van der Waals surface area contributed by atoms with Crippen molar-refractivity contribution < 1.29 is 24.2 Å². The number of ketones is 1. The second-order valence-corrected chi connectivity index (χ2v) is 7.95. The zero-order chi connectivity index (χ0) is 24.1. The van der Waals surface area contributed by atoms with Gasteiger partial charge in [0, 0.05) is 32.4 Å². The number of aryl methyl sites for hydroxylation is 1. The van der Waals surface area contributed by atoms with Gasteiger partial charge in [0.15, 0.2) is 0 Å². The molecule has 1 unspecified atom stereocenters. The maximum absolute atomic E-state index is 13.1. The summed E-state index contributed by atoms with van der Waals surface area (Å²) < 4.78 is 10.6. The summed E-state index contributed by atoms with van der Waals surface area (Å²) in [6, 6.07) is 12.4. The van der Waals surface area contributed by atoms with E-state index in [1.807, 2.05) is 37.3 Å². The Hall–Kier alpha value is -3.32. The molecule has 0 bridgehead atoms. The van der Waals surface area contributed by atoms with Crippen LogP contribution in [0.4, 0.5) is 5.69 Å². The van der Waals surface area contributed by atoms with Crippen LogP contribution in [0.3, 0.4) is 0 Å². The van der Waals surface area contributed by atoms with E-state index in [2.05, 4.69) is 18.7 Å². The van der Waals surface area contributed by atoms with Crippen molar-refractivity contribution in [2.75, 3.05) is 45.4 Å². The van der Waals surface area contributed by atoms with Crippen LogP contribution in [0.2, 0.25) is 0 Å². The molecular weight excluding hydrogens is 420 g/mol. The number of ether oxygens (including phenoxy) is 2. The molecule has 1 N–H and O–H groups in total. The van der Waals surface area contributed by atoms with E-state index in [0.29, 0.717) is 11.3 Å². The maximum Gasteiger partial charge on any atom is 0.295 e. The molecule has 0 radical (unpaired) electrons. The van der Waals surface area contributed by atoms with E-state index in [-0.39, 0.29) is 24.5 Å². The molecule has 2 aromatic carbocycles. The van der Waals surface area contributed by atoms with Crippen LogP contribution in [0.5, 0.6) is 5.75 Å². The van der Waals surface area contributed by atoms with Gasteiger partial charge in [-0.05, 0) is 50.6 Å². The Morgan fingerprint density at radius 3 is 2.30 bits per heavy atom. The molecule has 7 heteroatoms. The molecule has 33 heavy (non-hydrogen) atoms. The van der Waals surface area contributed by atoms with Crippen molar-refractivity contribution in [3.63, 3.8) is 0 Å². The first kappa shape index (κ1) is 24.3. The number of hydrogen-bond acceptors (Lipinski definition) is 6. The summed E-state index contributed by atoms with van der Waals surface area (Å²) in [6.07, 6.45) is 0. The summed E-state index contributed by atoms with van der Waals surface area (Å²) in [6.45, 7) is 8.31. The van der Waals surface area contributed by atoms with Crippen LogP contribution in [0.15, 0.2) is 48.0 Å². The number of likely N-dealkylation sites (tertiary alicyclic amines) is 1. The van der Waals surface area contributed by atoms with Crippen molar-refractivity contribution in [3.8, 4) is 5.75 Å². The number of Topliss-reactive ketones (excluding diaryl/α,β-unsaturated/α-hetero) is 1. The number of hydrogen-bond donors (Lipinski definition) is 1. The molecule has 1 saturated heterocycles. The predicted molar refractivity (Wildman–Crippen MR) is 129 cm³/mol. The minimum absolute atomic E-state index is 0.0515. The molecule has 0 aromatic heterocycles. The number of aliphatic hydroxyl groups is 1. The third-order valence-corrected chi connectivity index (χ3v) is 6.02. The minimum atomic E-state index is -0.726. The smallest absolute Gasteiger partial charge is 0.295 e. The van der Waals surface area contributed by atoms with Gasteiger partial charge >= 0.3 is 0 Å². The van der Waals surface area contributed by atoms with Crippen molar-refractivity contribution in [1.82, 2.24) is 4.90 Å². The topological polar surface area (TPSA) is 79.3 Å². The Balaban J connectivity index is 2.17. The molecule has 0 saturated carbocycles. The largest absolute Gasteiger partial charge is 0.507 e. The lowest BCUT2D eigenvalue weighted by Gasteiger charge is -2.26. The number of aliphatic hydroxyl groups excluding tert-OH is 1. The fourth-order valence-electron chi connectivity index (χ4n) is 4.25. The van der Waals surface area contributed by atoms with Gasteiger partial charge in [0.1, 0.15) is 11.5 Å². The Morgan fingerprint density at radius 2 is 1.73 bits per heavy atom. The third-order valence-electron chi connectivity index (χ3n) is 6.02. The summed E-state index contributed by atoms with van der Waals surface area (Å²) in [4.78, 5) is 29.8. The van der Waals surface area contributed by atoms with Crippen molar-refractivity contribution in [2.24, 2.45) is 0 Å². The van der Waals surface area contributed by atoms with Crippen molar-refractivity contribution in [1.29, 1.82) is 0 Å². The zero-order valence-electron chi connectivity index (χ0n) is 19.9. The van der Waals surface area contributed by atoms with Gasteiger partial charge in [0.2, 0.25) is 0 Å². The highest BCUT2D eigenvalue weighted by Gasteiger charge is 2.46. The fourth-order valence-corrected chi connectivity index (χ4v) is 4.25. The molecule has 0 spiro atoms. The van der Waals surface area contributed by atoms with Gasteiger partial charge in [-0.2, -0.15) is 0 Å². The van der Waals surface area contributed by atoms with Crippen LogP contribution in [-0.4, -0.2) is 62.2 Å². The quantitative estimate of drug-likeness (QED) is 0.353. The number of carbonyl (C=O) groups is 2. The van der Waals surface area contributed by atoms with Gasteiger partial charge in [-0.3, -0.25) is 9.59 Å². The molecule has 0 aliphatic carbocycles. The van der Waals surface area contributed by atoms with Gasteiger partial charge in [0.05, 0.1) is 30.9 Å². The van der Waals surface area contributed by atoms with Gasteiger partial charge in [-0.15, -0.1) is 0 Å². The summed E-state index contributed by atoms with van der Waals surface area (Å²) in [5.74, 6) is -1.19. The van der Waals surface area contributed by atoms with E-state index in [1.54, 1.807) is 19.2 Å². The molecule has 1 atom stereocenters. The first-order valence-electron chi connectivity index (χ1n) is 11.1. The second-order valence-electron chi connectivity index (χ2n) is 7.95. The van der Waals surface area contributed by atoms with Gasteiger partial charge in [0.25, 0.3) is 11.7 Å². The first-order chi connectivity index (χ1) is 15.9. The lowest BCUT2D eigenvalue weighted by Crippen LogP contribution is -2.32. The first-order valence-corrected chi connectivity index (χ1v) is 11.1. The number of carbonyl (C=O) groups excluding carboxylic acids is 2. The Morgan fingerprint density at radius 1 is 1.06 bits per heavy atom. The van der Waals surface area contributed by atoms with Gasteiger partial charge < -0.3 is 24.4 Å². The highest BCUT2D eigenvalue weighted by atomic mass is 16.5. The normalized spacial score (nSPS) is 17.5. The number of anilines is 1. The molecule has 3 rings (SSSR count). The van der Waals surface area contributed by atoms with E-state index in [0.717, 1.165) is 29.9 Å². The van der Waals surface area contributed by atoms with E-state index in [9.17, 15) is 14.7 Å². The van der Waals surface area contributed by atoms with Gasteiger partial charge in [-0.1, -0.05) is 23.8 Å². The second kappa shape index (κ2) is 10.5. The monoisotopic (exact) mass is 452 g/mol. The van der Waals surface area contributed by atoms with E-state index in [4.69, 9.17) is 9.47 Å². The standard InChI is InChI=1S/C26H32N2O5/c1-6-27(7-2)19-11-9-18(10-12-19)23-22(25(30)26(31)28(23)14-15-32-4)24(29)20-16-17(3)8-13-21(20)33-5/h8-13,16,23,29H,6-7,14-15H2,1-5H3/b24-22+. The molecule has 7 nitrogen and oxygen atoms in total. The van der Waals surface area contributed by atoms with E-state index >= 15 is 0 Å². The number of methoxy groups -OCH3 is 2. The van der Waals surface area contributed by atoms with Crippen molar-refractivity contribution >= 4 is 23.1 Å². The fraction of sp³-hybridized carbons (Fsp3) is 0.385. The molecule has 1 aliphatic heterocycles. The van der Waals surface area contributed by atoms with Crippen molar-refractivity contribution in [3.05, 3.63) is 64.7 Å². The van der Waals surface area contributed by atoms with E-state index < -0.39 is 17.7 Å². The summed E-state index contributed by atoms with van der Waals surface area (Å²) in [5, 5.41) is 11.3. The maximum atomic E-state index is 13.1. The van der Waals surface area contributed by atoms with Crippen LogP contribution in [-0.2, 0) is 14.3 Å². The van der Waals surface area contributed by atoms with Crippen LogP contribution in [0, 0.1) is 6.92 Å². The van der Waals surface area contributed by atoms with Crippen LogP contribution in [0.1, 0.15) is 36.6 Å². The summed E-state index contributed by atoms with van der Waals surface area (Å²) in [5.41, 5.74) is 3.13. The lowest BCUT2D eigenvalue weighted by molar-refractivity contribution is -0.140. The lowest BCUT2D eigenvalue weighted by atomic mass is 9.94. The molecular formula is C26H32N2O5. The minimum Gasteiger partial charge on any atom is -0.507 e. The Bertz CT molecular complexity index is 1040. The molecule has 1 aliphatic rings. The van der Waals surface area contributed by atoms with Gasteiger partial charge in [-0.25, -0.2) is 0 Å². The molecule has 2 aromatic rings. The Kier molecular flexibility index (Phi) is 7.76. The third kappa shape index (κ3) is 4.73. The number of rotatable bonds is 9. The average molecular weight is 453 g/mol. The molecule has 176 valence electrons. The van der Waals surface area contributed by atoms with Crippen LogP contribution < -0.4 is 9.64 Å². The molecule has 1 heterocycles. The number of amides is 1. The highest BCUT2D eigenvalue weighted by Crippen LogP contribution is 2.41. The Labute approximate surface area is 195 Å². The predicted octanol–water partition coefficient (Wildman–Crippen LogP) is 3.92. The average Bonchev–Trinajstić information content (AvgIpc) is 3.08. The molecule has 1 fully saturated rings. The van der Waals surface area contributed by atoms with Crippen LogP contribution >= 0.6 is 0 Å². The zero-order valence-corrected chi connectivity index (χ0v) is 19.9. The van der Waals surface area contributed by atoms with E-state index in [1.165, 1.54) is 12.0 Å². The number of nitrogens with zero attached hydrogens (tertiary/aromatic N) is 2. The van der Waals surface area contributed by atoms with Crippen molar-refractivity contribution in [2.45, 2.75) is 26.8 Å². The number of benzene rings is 2. The SMILES string of the molecule is CCN(CC)c1ccc(C2/C(=C(\O)c3cc(C)ccc3OC)C(=O)C(=O)N2CCOC)cc1. The molecule has 1 amide bonds. The highest BCUT2D eigenvalue weighted by molar-refractivity contribution is 6.46.